The average molecular weight is 408 g/mol. The van der Waals surface area contributed by atoms with Gasteiger partial charge in [0.15, 0.2) is 0 Å². The third-order valence-corrected chi connectivity index (χ3v) is 5.80. The minimum Gasteiger partial charge on any atom is -0.331 e. The Bertz CT molecular complexity index is 878. The molecule has 0 saturated heterocycles. The van der Waals surface area contributed by atoms with E-state index in [9.17, 15) is 14.0 Å². The molecule has 0 bridgehead atoms. The van der Waals surface area contributed by atoms with Crippen LogP contribution in [0.1, 0.15) is 23.6 Å². The van der Waals surface area contributed by atoms with Gasteiger partial charge in [-0.3, -0.25) is 4.79 Å². The molecular formula is C19H19ClFN3O2S. The van der Waals surface area contributed by atoms with Crippen LogP contribution in [-0.4, -0.2) is 24.2 Å². The van der Waals surface area contributed by atoms with Gasteiger partial charge in [-0.2, -0.15) is 0 Å². The van der Waals surface area contributed by atoms with Crippen molar-refractivity contribution < 1.29 is 14.0 Å². The van der Waals surface area contributed by atoms with Gasteiger partial charge in [-0.1, -0.05) is 17.7 Å². The zero-order valence-corrected chi connectivity index (χ0v) is 16.2. The summed E-state index contributed by atoms with van der Waals surface area (Å²) >= 11 is 7.66. The fraction of sp³-hybridized carbons (Fsp3) is 0.263. The van der Waals surface area contributed by atoms with E-state index in [1.54, 1.807) is 43.0 Å². The van der Waals surface area contributed by atoms with Crippen molar-refractivity contribution in [2.24, 2.45) is 0 Å². The van der Waals surface area contributed by atoms with Gasteiger partial charge in [0.05, 0.1) is 12.6 Å². The Morgan fingerprint density at radius 2 is 2.11 bits per heavy atom. The Hall–Kier alpha value is -2.25. The molecule has 0 radical (unpaired) electrons. The van der Waals surface area contributed by atoms with Crippen LogP contribution in [0.2, 0.25) is 5.02 Å². The highest BCUT2D eigenvalue weighted by Crippen LogP contribution is 2.36. The van der Waals surface area contributed by atoms with Crippen LogP contribution in [-0.2, 0) is 4.79 Å². The molecule has 0 spiro atoms. The van der Waals surface area contributed by atoms with Gasteiger partial charge < -0.3 is 16.0 Å². The van der Waals surface area contributed by atoms with E-state index in [-0.39, 0.29) is 24.3 Å². The van der Waals surface area contributed by atoms with E-state index >= 15 is 0 Å². The zero-order valence-electron chi connectivity index (χ0n) is 14.6. The van der Waals surface area contributed by atoms with E-state index in [0.29, 0.717) is 17.1 Å². The number of halogens is 2. The number of fused-ring (bicyclic) bond motifs is 1. The maximum atomic E-state index is 13.5. The lowest BCUT2D eigenvalue weighted by atomic mass is 10.0. The number of nitrogens with one attached hydrogen (secondary N) is 3. The standard InChI is InChI=1S/C19H19ClFN3O2S/c1-11-14(20)3-2-4-15(11)23-18(25)10-22-19(26)24-16-7-8-27-17-6-5-12(21)9-13(16)17/h2-6,9,16H,7-8,10H2,1H3,(H,23,25)(H2,22,24,26)/t16-/m1/s1. The van der Waals surface area contributed by atoms with Gasteiger partial charge in [-0.25, -0.2) is 9.18 Å². The van der Waals surface area contributed by atoms with Gasteiger partial charge >= 0.3 is 6.03 Å². The molecule has 142 valence electrons. The van der Waals surface area contributed by atoms with Crippen molar-refractivity contribution >= 4 is 41.0 Å². The second-order valence-electron chi connectivity index (χ2n) is 6.16. The Balaban J connectivity index is 1.54. The summed E-state index contributed by atoms with van der Waals surface area (Å²) in [5.41, 5.74) is 2.12. The van der Waals surface area contributed by atoms with Crippen LogP contribution in [0.15, 0.2) is 41.3 Å². The molecule has 3 amide bonds. The molecule has 2 aromatic rings. The topological polar surface area (TPSA) is 70.2 Å². The van der Waals surface area contributed by atoms with E-state index in [1.165, 1.54) is 12.1 Å². The number of carbonyl (C=O) groups excluding carboxylic acids is 2. The van der Waals surface area contributed by atoms with Gasteiger partial charge in [0.25, 0.3) is 0 Å². The molecule has 0 saturated carbocycles. The normalized spacial score (nSPS) is 15.6. The van der Waals surface area contributed by atoms with E-state index in [0.717, 1.165) is 21.8 Å². The van der Waals surface area contributed by atoms with Crippen LogP contribution >= 0.6 is 23.4 Å². The third-order valence-electron chi connectivity index (χ3n) is 4.27. The highest BCUT2D eigenvalue weighted by atomic mass is 35.5. The van der Waals surface area contributed by atoms with Gasteiger partial charge in [-0.05, 0) is 54.8 Å². The first kappa shape index (κ1) is 19.5. The van der Waals surface area contributed by atoms with Gasteiger partial charge in [0.2, 0.25) is 5.91 Å². The van der Waals surface area contributed by atoms with E-state index < -0.39 is 6.03 Å². The summed E-state index contributed by atoms with van der Waals surface area (Å²) in [6.07, 6.45) is 0.697. The molecule has 1 aliphatic heterocycles. The van der Waals surface area contributed by atoms with Crippen LogP contribution in [0.25, 0.3) is 0 Å². The molecule has 1 aliphatic rings. The number of rotatable bonds is 4. The predicted molar refractivity (Wildman–Crippen MR) is 106 cm³/mol. The number of hydrogen-bond donors (Lipinski definition) is 3. The molecule has 0 fully saturated rings. The summed E-state index contributed by atoms with van der Waals surface area (Å²) in [4.78, 5) is 25.2. The van der Waals surface area contributed by atoms with Gasteiger partial charge in [0, 0.05) is 21.4 Å². The summed E-state index contributed by atoms with van der Waals surface area (Å²) < 4.78 is 13.5. The molecule has 2 aromatic carbocycles. The minimum atomic E-state index is -0.472. The molecule has 1 heterocycles. The largest absolute Gasteiger partial charge is 0.331 e. The summed E-state index contributed by atoms with van der Waals surface area (Å²) in [6.45, 7) is 1.62. The van der Waals surface area contributed by atoms with Crippen molar-refractivity contribution in [3.8, 4) is 0 Å². The number of carbonyl (C=O) groups is 2. The zero-order chi connectivity index (χ0) is 19.4. The van der Waals surface area contributed by atoms with E-state index in [1.807, 2.05) is 0 Å². The highest BCUT2D eigenvalue weighted by molar-refractivity contribution is 7.99. The minimum absolute atomic E-state index is 0.185. The Labute approximate surface area is 166 Å². The summed E-state index contributed by atoms with van der Waals surface area (Å²) in [5.74, 6) is 0.138. The Kier molecular flexibility index (Phi) is 6.23. The summed E-state index contributed by atoms with van der Waals surface area (Å²) in [7, 11) is 0. The molecule has 0 aromatic heterocycles. The van der Waals surface area contributed by atoms with Crippen molar-refractivity contribution in [2.45, 2.75) is 24.3 Å². The molecule has 1 atom stereocenters. The maximum absolute atomic E-state index is 13.5. The number of benzene rings is 2. The van der Waals surface area contributed by atoms with Crippen LogP contribution in [0.4, 0.5) is 14.9 Å². The lowest BCUT2D eigenvalue weighted by molar-refractivity contribution is -0.115. The molecule has 8 heteroatoms. The molecule has 27 heavy (non-hydrogen) atoms. The maximum Gasteiger partial charge on any atom is 0.315 e. The fourth-order valence-corrected chi connectivity index (χ4v) is 4.10. The lowest BCUT2D eigenvalue weighted by Gasteiger charge is -2.26. The highest BCUT2D eigenvalue weighted by Gasteiger charge is 2.23. The van der Waals surface area contributed by atoms with Crippen molar-refractivity contribution in [1.29, 1.82) is 0 Å². The smallest absolute Gasteiger partial charge is 0.315 e. The van der Waals surface area contributed by atoms with E-state index in [2.05, 4.69) is 16.0 Å². The number of hydrogen-bond acceptors (Lipinski definition) is 3. The predicted octanol–water partition coefficient (Wildman–Crippen LogP) is 4.26. The van der Waals surface area contributed by atoms with Crippen LogP contribution < -0.4 is 16.0 Å². The van der Waals surface area contributed by atoms with Crippen LogP contribution in [0.3, 0.4) is 0 Å². The molecule has 3 N–H and O–H groups in total. The van der Waals surface area contributed by atoms with Crippen LogP contribution in [0.5, 0.6) is 0 Å². The first-order valence-electron chi connectivity index (χ1n) is 8.45. The first-order valence-corrected chi connectivity index (χ1v) is 9.82. The number of thioether (sulfide) groups is 1. The van der Waals surface area contributed by atoms with Gasteiger partial charge in [-0.15, -0.1) is 11.8 Å². The van der Waals surface area contributed by atoms with Crippen molar-refractivity contribution in [3.63, 3.8) is 0 Å². The van der Waals surface area contributed by atoms with Gasteiger partial charge in [0.1, 0.15) is 5.82 Å². The van der Waals surface area contributed by atoms with Crippen molar-refractivity contribution in [1.82, 2.24) is 10.6 Å². The monoisotopic (exact) mass is 407 g/mol. The Morgan fingerprint density at radius 1 is 1.30 bits per heavy atom. The third kappa shape index (κ3) is 4.93. The summed E-state index contributed by atoms with van der Waals surface area (Å²) in [5, 5.41) is 8.61. The molecule has 0 aliphatic carbocycles. The number of amides is 3. The Morgan fingerprint density at radius 3 is 2.93 bits per heavy atom. The second-order valence-corrected chi connectivity index (χ2v) is 7.70. The van der Waals surface area contributed by atoms with Crippen molar-refractivity contribution in [3.05, 3.63) is 58.4 Å². The molecular weight excluding hydrogens is 389 g/mol. The number of urea groups is 1. The number of anilines is 1. The SMILES string of the molecule is Cc1c(Cl)cccc1NC(=O)CNC(=O)N[C@@H]1CCSc2ccc(F)cc21. The van der Waals surface area contributed by atoms with E-state index in [4.69, 9.17) is 11.6 Å². The molecule has 0 unspecified atom stereocenters. The summed E-state index contributed by atoms with van der Waals surface area (Å²) in [6, 6.07) is 9.05. The fourth-order valence-electron chi connectivity index (χ4n) is 2.82. The average Bonchev–Trinajstić information content (AvgIpc) is 2.64. The quantitative estimate of drug-likeness (QED) is 0.709. The lowest BCUT2D eigenvalue weighted by Crippen LogP contribution is -2.42. The second kappa shape index (κ2) is 8.63. The van der Waals surface area contributed by atoms with Crippen LogP contribution in [0, 0.1) is 12.7 Å². The molecule has 3 rings (SSSR count). The first-order chi connectivity index (χ1) is 12.9. The molecule has 5 nitrogen and oxygen atoms in total. The van der Waals surface area contributed by atoms with Crippen molar-refractivity contribution in [2.75, 3.05) is 17.6 Å².